The number of hydrogen-bond donors (Lipinski definition) is 2. The van der Waals surface area contributed by atoms with E-state index < -0.39 is 32.9 Å². The fourth-order valence-corrected chi connectivity index (χ4v) is 4.72. The van der Waals surface area contributed by atoms with Gasteiger partial charge in [0, 0.05) is 23.5 Å². The van der Waals surface area contributed by atoms with Gasteiger partial charge in [0.15, 0.2) is 15.1 Å². The van der Waals surface area contributed by atoms with Gasteiger partial charge in [-0.05, 0) is 43.2 Å². The molecular formula is C18H18N3O5S. The van der Waals surface area contributed by atoms with Crippen LogP contribution in [-0.2, 0) is 14.6 Å². The minimum atomic E-state index is -3.71. The van der Waals surface area contributed by atoms with E-state index in [1.165, 1.54) is 22.8 Å². The van der Waals surface area contributed by atoms with Gasteiger partial charge in [0.1, 0.15) is 0 Å². The number of nitrogens with two attached hydrogens (primary N) is 1. The zero-order valence-corrected chi connectivity index (χ0v) is 15.1. The van der Waals surface area contributed by atoms with Crippen LogP contribution in [0.3, 0.4) is 0 Å². The van der Waals surface area contributed by atoms with Crippen molar-refractivity contribution in [1.29, 1.82) is 0 Å². The second kappa shape index (κ2) is 7.36. The number of amides is 2. The second-order valence-corrected chi connectivity index (χ2v) is 8.41. The molecule has 1 aliphatic heterocycles. The quantitative estimate of drug-likeness (QED) is 0.750. The number of aromatic nitrogens is 1. The van der Waals surface area contributed by atoms with Crippen molar-refractivity contribution in [1.82, 2.24) is 9.88 Å². The topological polar surface area (TPSA) is 128 Å². The molecule has 0 spiro atoms. The number of nitrogens with zero attached hydrogens (tertiary/aromatic N) is 1. The Morgan fingerprint density at radius 1 is 1.11 bits per heavy atom. The molecule has 1 aromatic heterocycles. The lowest BCUT2D eigenvalue weighted by atomic mass is 10.1. The van der Waals surface area contributed by atoms with Gasteiger partial charge in [0.05, 0.1) is 11.8 Å². The Morgan fingerprint density at radius 3 is 2.44 bits per heavy atom. The van der Waals surface area contributed by atoms with Crippen molar-refractivity contribution < 1.29 is 18.0 Å². The smallest absolute Gasteiger partial charge is 0.255 e. The van der Waals surface area contributed by atoms with E-state index in [1.807, 2.05) is 0 Å². The third-order valence-electron chi connectivity index (χ3n) is 4.34. The predicted octanol–water partition coefficient (Wildman–Crippen LogP) is -0.187. The summed E-state index contributed by atoms with van der Waals surface area (Å²) in [5.41, 5.74) is 5.87. The molecule has 0 bridgehead atoms. The molecule has 3 rings (SSSR count). The standard InChI is InChI=1S/C18H18N3O5S/c19-17(23)16-14(4-3-11-27(16,25)26)20-18(24)12-6-8-13(9-7-12)21-10-2-1-5-15(21)22/h1-2,4-10,14,16H,3,11H2,(H2,19,23)(H,20,24). The number of primary amides is 1. The van der Waals surface area contributed by atoms with E-state index in [0.29, 0.717) is 5.69 Å². The van der Waals surface area contributed by atoms with E-state index in [0.717, 1.165) is 0 Å². The van der Waals surface area contributed by atoms with E-state index in [9.17, 15) is 22.8 Å². The molecule has 0 saturated carbocycles. The van der Waals surface area contributed by atoms with Crippen LogP contribution in [-0.4, -0.2) is 41.8 Å². The van der Waals surface area contributed by atoms with Crippen LogP contribution in [0.4, 0.5) is 0 Å². The van der Waals surface area contributed by atoms with Crippen LogP contribution in [0.25, 0.3) is 5.69 Å². The molecule has 0 aliphatic carbocycles. The van der Waals surface area contributed by atoms with Crippen molar-refractivity contribution >= 4 is 21.7 Å². The monoisotopic (exact) mass is 388 g/mol. The fraction of sp³-hybridized carbons (Fsp3) is 0.222. The fourth-order valence-electron chi connectivity index (χ4n) is 3.02. The average molecular weight is 388 g/mol. The molecule has 1 aromatic carbocycles. The molecule has 2 heterocycles. The summed E-state index contributed by atoms with van der Waals surface area (Å²) < 4.78 is 25.6. The van der Waals surface area contributed by atoms with Crippen LogP contribution in [0.5, 0.6) is 0 Å². The predicted molar refractivity (Wildman–Crippen MR) is 99.0 cm³/mol. The number of nitrogens with one attached hydrogen (secondary N) is 1. The summed E-state index contributed by atoms with van der Waals surface area (Å²) in [6.45, 7) is 0. The number of pyridine rings is 1. The molecule has 9 heteroatoms. The van der Waals surface area contributed by atoms with E-state index in [-0.39, 0.29) is 23.3 Å². The molecule has 2 atom stereocenters. The lowest BCUT2D eigenvalue weighted by Crippen LogP contribution is -2.56. The number of carbonyl (C=O) groups is 2. The molecule has 2 amide bonds. The Kier molecular flexibility index (Phi) is 5.13. The molecule has 2 unspecified atom stereocenters. The summed E-state index contributed by atoms with van der Waals surface area (Å²) in [5.74, 6) is -1.70. The van der Waals surface area contributed by atoms with E-state index in [4.69, 9.17) is 5.73 Å². The summed E-state index contributed by atoms with van der Waals surface area (Å²) in [5, 5.41) is 1.08. The highest BCUT2D eigenvalue weighted by molar-refractivity contribution is 7.92. The molecule has 1 radical (unpaired) electrons. The zero-order valence-electron chi connectivity index (χ0n) is 14.2. The SMILES string of the molecule is NC(=O)C1C(NC(=O)c2ccc(-n3ccccc3=O)cc2)[CH]CCS1(=O)=O. The van der Waals surface area contributed by atoms with Crippen LogP contribution < -0.4 is 16.6 Å². The molecule has 1 fully saturated rings. The number of sulfone groups is 1. The van der Waals surface area contributed by atoms with Crippen molar-refractivity contribution in [2.45, 2.75) is 17.7 Å². The van der Waals surface area contributed by atoms with Gasteiger partial charge in [-0.15, -0.1) is 0 Å². The number of hydrogen-bond acceptors (Lipinski definition) is 5. The Bertz CT molecular complexity index is 1030. The molecule has 2 aromatic rings. The van der Waals surface area contributed by atoms with Gasteiger partial charge in [-0.25, -0.2) is 8.42 Å². The Hall–Kier alpha value is -2.94. The summed E-state index contributed by atoms with van der Waals surface area (Å²) in [6.07, 6.45) is 3.41. The summed E-state index contributed by atoms with van der Waals surface area (Å²) in [6, 6.07) is 10.0. The Labute approximate surface area is 155 Å². The third-order valence-corrected chi connectivity index (χ3v) is 6.45. The molecule has 1 saturated heterocycles. The lowest BCUT2D eigenvalue weighted by molar-refractivity contribution is -0.117. The first-order chi connectivity index (χ1) is 12.8. The highest BCUT2D eigenvalue weighted by Gasteiger charge is 2.42. The Morgan fingerprint density at radius 2 is 1.81 bits per heavy atom. The summed E-state index contributed by atoms with van der Waals surface area (Å²) >= 11 is 0. The van der Waals surface area contributed by atoms with Gasteiger partial charge < -0.3 is 11.1 Å². The first-order valence-electron chi connectivity index (χ1n) is 8.23. The van der Waals surface area contributed by atoms with E-state index >= 15 is 0 Å². The van der Waals surface area contributed by atoms with E-state index in [1.54, 1.807) is 36.9 Å². The van der Waals surface area contributed by atoms with Gasteiger partial charge in [0.25, 0.3) is 11.5 Å². The third kappa shape index (κ3) is 3.92. The molecular weight excluding hydrogens is 370 g/mol. The highest BCUT2D eigenvalue weighted by Crippen LogP contribution is 2.20. The normalized spacial score (nSPS) is 21.3. The van der Waals surface area contributed by atoms with Crippen molar-refractivity contribution in [2.75, 3.05) is 5.75 Å². The van der Waals surface area contributed by atoms with Crippen molar-refractivity contribution in [3.63, 3.8) is 0 Å². The van der Waals surface area contributed by atoms with Gasteiger partial charge in [-0.1, -0.05) is 6.07 Å². The van der Waals surface area contributed by atoms with Gasteiger partial charge >= 0.3 is 0 Å². The van der Waals surface area contributed by atoms with Crippen LogP contribution in [0.1, 0.15) is 16.8 Å². The Balaban J connectivity index is 1.79. The lowest BCUT2D eigenvalue weighted by Gasteiger charge is -2.29. The maximum atomic E-state index is 12.5. The average Bonchev–Trinajstić information content (AvgIpc) is 2.61. The van der Waals surface area contributed by atoms with E-state index in [2.05, 4.69) is 5.32 Å². The first kappa shape index (κ1) is 18.8. The molecule has 141 valence electrons. The minimum Gasteiger partial charge on any atom is -0.368 e. The first-order valence-corrected chi connectivity index (χ1v) is 9.94. The van der Waals surface area contributed by atoms with Crippen molar-refractivity contribution in [3.8, 4) is 5.69 Å². The number of benzene rings is 1. The van der Waals surface area contributed by atoms with Crippen molar-refractivity contribution in [3.05, 3.63) is 71.0 Å². The molecule has 8 nitrogen and oxygen atoms in total. The van der Waals surface area contributed by atoms with Gasteiger partial charge in [-0.3, -0.25) is 19.0 Å². The van der Waals surface area contributed by atoms with Gasteiger partial charge in [0.2, 0.25) is 5.91 Å². The van der Waals surface area contributed by atoms with Crippen LogP contribution in [0, 0.1) is 6.42 Å². The molecule has 1 aliphatic rings. The zero-order chi connectivity index (χ0) is 19.6. The highest BCUT2D eigenvalue weighted by atomic mass is 32.2. The molecule has 27 heavy (non-hydrogen) atoms. The van der Waals surface area contributed by atoms with Crippen LogP contribution in [0.15, 0.2) is 53.5 Å². The van der Waals surface area contributed by atoms with Crippen molar-refractivity contribution in [2.24, 2.45) is 5.73 Å². The second-order valence-electron chi connectivity index (χ2n) is 6.17. The van der Waals surface area contributed by atoms with Crippen LogP contribution >= 0.6 is 0 Å². The maximum absolute atomic E-state index is 12.5. The minimum absolute atomic E-state index is 0.173. The summed E-state index contributed by atoms with van der Waals surface area (Å²) in [4.78, 5) is 35.9. The van der Waals surface area contributed by atoms with Gasteiger partial charge in [-0.2, -0.15) is 0 Å². The summed E-state index contributed by atoms with van der Waals surface area (Å²) in [7, 11) is -3.71. The maximum Gasteiger partial charge on any atom is 0.255 e. The number of carbonyl (C=O) groups excluding carboxylic acids is 2. The largest absolute Gasteiger partial charge is 0.368 e. The van der Waals surface area contributed by atoms with Crippen LogP contribution in [0.2, 0.25) is 0 Å². The molecule has 3 N–H and O–H groups in total. The number of rotatable bonds is 4.